The fourth-order valence-corrected chi connectivity index (χ4v) is 9.41. The van der Waals surface area contributed by atoms with Crippen molar-refractivity contribution in [2.75, 3.05) is 71.4 Å². The molecule has 0 aliphatic carbocycles. The van der Waals surface area contributed by atoms with Crippen molar-refractivity contribution in [2.24, 2.45) is 0 Å². The van der Waals surface area contributed by atoms with Gasteiger partial charge in [0, 0.05) is 104 Å². The van der Waals surface area contributed by atoms with Crippen molar-refractivity contribution in [3.8, 4) is 11.3 Å². The van der Waals surface area contributed by atoms with Crippen LogP contribution in [0.3, 0.4) is 0 Å². The van der Waals surface area contributed by atoms with E-state index >= 15 is 0 Å². The molecule has 6 rings (SSSR count). The molecule has 2 aliphatic heterocycles. The van der Waals surface area contributed by atoms with Gasteiger partial charge in [-0.05, 0) is 57.6 Å². The average molecular weight is 925 g/mol. The number of thiophene rings is 1. The number of nitrogens with one attached hydrogen (secondary N) is 3. The van der Waals surface area contributed by atoms with Gasteiger partial charge in [0.15, 0.2) is 0 Å². The van der Waals surface area contributed by atoms with Crippen molar-refractivity contribution in [3.05, 3.63) is 68.8 Å². The van der Waals surface area contributed by atoms with E-state index in [2.05, 4.69) is 15.6 Å². The van der Waals surface area contributed by atoms with Gasteiger partial charge in [-0.1, -0.05) is 61.4 Å². The molecule has 4 aromatic rings. The number of halogens is 2. The molecule has 340 valence electrons. The maximum Gasteiger partial charge on any atom is 0.248 e. The lowest BCUT2D eigenvalue weighted by molar-refractivity contribution is -0.135. The number of hydrogen-bond donors (Lipinski definition) is 4. The third-order valence-electron chi connectivity index (χ3n) is 11.4. The van der Waals surface area contributed by atoms with E-state index in [-0.39, 0.29) is 36.1 Å². The molecule has 1 saturated heterocycles. The first-order valence-electron chi connectivity index (χ1n) is 21.9. The van der Waals surface area contributed by atoms with Crippen molar-refractivity contribution in [1.29, 1.82) is 0 Å². The summed E-state index contributed by atoms with van der Waals surface area (Å²) >= 11 is 14.7. The van der Waals surface area contributed by atoms with E-state index in [9.17, 15) is 29.1 Å². The van der Waals surface area contributed by atoms with E-state index in [1.54, 1.807) is 42.9 Å². The molecule has 1 fully saturated rings. The van der Waals surface area contributed by atoms with Crippen molar-refractivity contribution in [3.63, 3.8) is 0 Å². The Kier molecular flexibility index (Phi) is 17.6. The molecule has 5 amide bonds. The van der Waals surface area contributed by atoms with Crippen molar-refractivity contribution in [2.45, 2.75) is 83.7 Å². The molecule has 1 aromatic carbocycles. The normalized spacial score (nSPS) is 14.3. The first kappa shape index (κ1) is 47.7. The Balaban J connectivity index is 0.795. The van der Waals surface area contributed by atoms with Crippen LogP contribution in [0.25, 0.3) is 22.2 Å². The lowest BCUT2D eigenvalue weighted by atomic mass is 9.99. The second kappa shape index (κ2) is 23.3. The van der Waals surface area contributed by atoms with Crippen molar-refractivity contribution < 1.29 is 29.1 Å². The van der Waals surface area contributed by atoms with E-state index in [0.717, 1.165) is 77.0 Å². The average Bonchev–Trinajstić information content (AvgIpc) is 4.03. The lowest BCUT2D eigenvalue weighted by Gasteiger charge is -2.33. The quantitative estimate of drug-likeness (QED) is 0.0586. The van der Waals surface area contributed by atoms with Gasteiger partial charge in [-0.2, -0.15) is 5.10 Å². The number of anilines is 1. The number of piperazine rings is 1. The number of carbonyl (C=O) groups excluding carboxylic acids is 5. The highest BCUT2D eigenvalue weighted by molar-refractivity contribution is 7.16. The number of likely N-dealkylation sites (N-methyl/N-ethyl adjacent to an activating group) is 1. The fraction of sp³-hybridized carbons (Fsp3) is 0.511. The first-order valence-corrected chi connectivity index (χ1v) is 23.5. The number of aliphatic hydroxyl groups is 1. The highest BCUT2D eigenvalue weighted by atomic mass is 35.5. The number of nitrogens with zero attached hydrogens (tertiary/aromatic N) is 6. The first-order chi connectivity index (χ1) is 30.4. The molecule has 3 aromatic heterocycles. The summed E-state index contributed by atoms with van der Waals surface area (Å²) in [6.45, 7) is 3.48. The molecule has 0 spiro atoms. The maximum atomic E-state index is 12.8. The van der Waals surface area contributed by atoms with Crippen LogP contribution in [-0.4, -0.2) is 131 Å². The Labute approximate surface area is 382 Å². The Morgan fingerprint density at radius 2 is 1.63 bits per heavy atom. The number of amides is 5. The Morgan fingerprint density at radius 1 is 0.921 bits per heavy atom. The van der Waals surface area contributed by atoms with Crippen LogP contribution in [0.2, 0.25) is 10.0 Å². The minimum atomic E-state index is -0.541. The van der Waals surface area contributed by atoms with Crippen LogP contribution in [0.1, 0.15) is 73.9 Å². The lowest BCUT2D eigenvalue weighted by Crippen LogP contribution is -2.51. The second-order valence-corrected chi connectivity index (χ2v) is 18.3. The number of fused-ring (bicyclic) bond motifs is 3. The third kappa shape index (κ3) is 13.2. The summed E-state index contributed by atoms with van der Waals surface area (Å²) in [5.41, 5.74) is 4.12. The predicted molar refractivity (Wildman–Crippen MR) is 248 cm³/mol. The minimum Gasteiger partial charge on any atom is -0.387 e. The van der Waals surface area contributed by atoms with Crippen molar-refractivity contribution in [1.82, 2.24) is 40.1 Å². The largest absolute Gasteiger partial charge is 0.387 e. The molecular weight excluding hydrogens is 866 g/mol. The highest BCUT2D eigenvalue weighted by Gasteiger charge is 2.29. The van der Waals surface area contributed by atoms with Gasteiger partial charge in [-0.3, -0.25) is 28.7 Å². The van der Waals surface area contributed by atoms with Crippen LogP contribution in [0, 0.1) is 0 Å². The SMILES string of the molecule is CN(C)C/C=C/C(=O)N1CCN(c2ccc(CCNC(=O)CCCCCCCCCC(=O)NCCn3ccc(-c4cc(Cl)c(Cl)c5[nH]c6c(c45)CN(C(=O)CO)CC6)n3)s2)C(=O)C1. The van der Waals surface area contributed by atoms with Crippen LogP contribution in [0.5, 0.6) is 0 Å². The zero-order chi connectivity index (χ0) is 44.9. The van der Waals surface area contributed by atoms with E-state index in [0.29, 0.717) is 99.3 Å². The van der Waals surface area contributed by atoms with Crippen LogP contribution in [0.4, 0.5) is 5.00 Å². The molecule has 18 heteroatoms. The van der Waals surface area contributed by atoms with Crippen LogP contribution < -0.4 is 15.5 Å². The van der Waals surface area contributed by atoms with Gasteiger partial charge in [-0.15, -0.1) is 11.3 Å². The second-order valence-electron chi connectivity index (χ2n) is 16.4. The molecule has 0 saturated carbocycles. The molecule has 0 bridgehead atoms. The number of benzene rings is 1. The molecule has 15 nitrogen and oxygen atoms in total. The number of aliphatic hydroxyl groups excluding tert-OH is 1. The fourth-order valence-electron chi connectivity index (χ4n) is 7.96. The van der Waals surface area contributed by atoms with Gasteiger partial charge in [0.2, 0.25) is 29.5 Å². The number of rotatable bonds is 22. The third-order valence-corrected chi connectivity index (χ3v) is 13.3. The van der Waals surface area contributed by atoms with Crippen LogP contribution in [-0.2, 0) is 49.9 Å². The summed E-state index contributed by atoms with van der Waals surface area (Å²) in [5, 5.41) is 22.7. The predicted octanol–water partition coefficient (Wildman–Crippen LogP) is 5.56. The Morgan fingerprint density at radius 3 is 2.33 bits per heavy atom. The van der Waals surface area contributed by atoms with E-state index in [1.807, 2.05) is 43.4 Å². The molecule has 0 atom stereocenters. The minimum absolute atomic E-state index is 0.0162. The number of aromatic nitrogens is 3. The maximum absolute atomic E-state index is 12.8. The zero-order valence-electron chi connectivity index (χ0n) is 36.2. The molecular formula is C45H59Cl2N9O6S. The molecule has 2 aliphatic rings. The Bertz CT molecular complexity index is 2270. The topological polar surface area (TPSA) is 176 Å². The van der Waals surface area contributed by atoms with Crippen LogP contribution in [0.15, 0.2) is 42.6 Å². The van der Waals surface area contributed by atoms with Crippen molar-refractivity contribution >= 4 is 80.0 Å². The van der Waals surface area contributed by atoms with Crippen LogP contribution >= 0.6 is 34.5 Å². The van der Waals surface area contributed by atoms with Gasteiger partial charge in [0.1, 0.15) is 13.2 Å². The van der Waals surface area contributed by atoms with E-state index < -0.39 is 6.61 Å². The van der Waals surface area contributed by atoms with E-state index in [1.165, 1.54) is 6.08 Å². The summed E-state index contributed by atoms with van der Waals surface area (Å²) in [6, 6.07) is 7.63. The van der Waals surface area contributed by atoms with Gasteiger partial charge < -0.3 is 40.3 Å². The summed E-state index contributed by atoms with van der Waals surface area (Å²) in [5.74, 6) is -0.489. The Hall–Kier alpha value is -4.74. The molecule has 0 radical (unpaired) electrons. The summed E-state index contributed by atoms with van der Waals surface area (Å²) in [4.78, 5) is 73.9. The molecule has 63 heavy (non-hydrogen) atoms. The monoisotopic (exact) mass is 923 g/mol. The zero-order valence-corrected chi connectivity index (χ0v) is 38.6. The number of aromatic amines is 1. The number of hydrogen-bond acceptors (Lipinski definition) is 9. The summed E-state index contributed by atoms with van der Waals surface area (Å²) in [6.07, 6.45) is 14.3. The number of unbranched alkanes of at least 4 members (excludes halogenated alkanes) is 6. The van der Waals surface area contributed by atoms with Gasteiger partial charge >= 0.3 is 0 Å². The smallest absolute Gasteiger partial charge is 0.248 e. The summed E-state index contributed by atoms with van der Waals surface area (Å²) in [7, 11) is 3.86. The molecule has 5 heterocycles. The standard InChI is InChI=1S/C45H59Cl2N9O6S/c1-52(2)21-10-13-39(60)54-25-26-56(40(61)29-54)42-15-14-31(63-42)16-19-48-37(58)11-8-6-4-3-5-7-9-12-38(59)49-20-24-55-23-18-36(51-55)32-27-34(46)44(47)45-43(32)33-28-53(41(62)30-57)22-17-35(33)50-45/h10,13-15,18,23,27,50,57H,3-9,11-12,16-17,19-22,24-26,28-30H2,1-2H3,(H,48,58)(H,49,59)/b13-10+. The van der Waals surface area contributed by atoms with Gasteiger partial charge in [0.25, 0.3) is 0 Å². The number of H-pyrrole nitrogens is 1. The number of carbonyl (C=O) groups is 5. The summed E-state index contributed by atoms with van der Waals surface area (Å²) < 4.78 is 1.78. The van der Waals surface area contributed by atoms with Gasteiger partial charge in [-0.25, -0.2) is 0 Å². The van der Waals surface area contributed by atoms with Gasteiger partial charge in [0.05, 0.1) is 32.8 Å². The highest BCUT2D eigenvalue weighted by Crippen LogP contribution is 2.42. The molecule has 4 N–H and O–H groups in total. The molecule has 0 unspecified atom stereocenters. The van der Waals surface area contributed by atoms with E-state index in [4.69, 9.17) is 28.3 Å².